The number of benzene rings is 2. The van der Waals surface area contributed by atoms with E-state index in [0.717, 1.165) is 4.31 Å². The van der Waals surface area contributed by atoms with E-state index in [4.69, 9.17) is 4.74 Å². The third-order valence-corrected chi connectivity index (χ3v) is 5.64. The van der Waals surface area contributed by atoms with E-state index in [1.165, 1.54) is 38.4 Å². The van der Waals surface area contributed by atoms with Crippen LogP contribution in [0.4, 0.5) is 16.2 Å². The molecule has 9 heteroatoms. The van der Waals surface area contributed by atoms with Crippen molar-refractivity contribution in [3.05, 3.63) is 54.1 Å². The Labute approximate surface area is 170 Å². The average molecular weight is 420 g/mol. The fraction of sp³-hybridized carbons (Fsp3) is 0.300. The highest BCUT2D eigenvalue weighted by Crippen LogP contribution is 2.18. The number of rotatable bonds is 7. The van der Waals surface area contributed by atoms with E-state index < -0.39 is 22.0 Å². The zero-order chi connectivity index (χ0) is 21.6. The van der Waals surface area contributed by atoms with Crippen molar-refractivity contribution in [1.29, 1.82) is 0 Å². The fourth-order valence-electron chi connectivity index (χ4n) is 2.26. The maximum atomic E-state index is 12.4. The molecule has 0 bridgehead atoms. The van der Waals surface area contributed by atoms with Gasteiger partial charge in [0.2, 0.25) is 10.0 Å². The van der Waals surface area contributed by atoms with E-state index in [2.05, 4.69) is 10.6 Å². The normalized spacial score (nSPS) is 11.4. The SMILES string of the molecule is CC(C)COC(=O)Nc1cccc(NC(=O)c2ccc(S(=O)(=O)N(C)C)cc2)c1. The van der Waals surface area contributed by atoms with Crippen molar-refractivity contribution in [2.24, 2.45) is 5.92 Å². The summed E-state index contributed by atoms with van der Waals surface area (Å²) in [6.45, 7) is 4.18. The molecule has 8 nitrogen and oxygen atoms in total. The van der Waals surface area contributed by atoms with Gasteiger partial charge in [-0.05, 0) is 48.4 Å². The number of carbonyl (C=O) groups excluding carboxylic acids is 2. The Bertz CT molecular complexity index is 970. The number of carbonyl (C=O) groups is 2. The molecule has 0 heterocycles. The second kappa shape index (κ2) is 9.53. The molecular weight excluding hydrogens is 394 g/mol. The van der Waals surface area contributed by atoms with Crippen LogP contribution in [0, 0.1) is 5.92 Å². The van der Waals surface area contributed by atoms with Gasteiger partial charge < -0.3 is 10.1 Å². The highest BCUT2D eigenvalue weighted by molar-refractivity contribution is 7.89. The summed E-state index contributed by atoms with van der Waals surface area (Å²) >= 11 is 0. The maximum Gasteiger partial charge on any atom is 0.411 e. The van der Waals surface area contributed by atoms with Crippen molar-refractivity contribution in [2.45, 2.75) is 18.7 Å². The maximum absolute atomic E-state index is 12.4. The lowest BCUT2D eigenvalue weighted by molar-refractivity contribution is 0.102. The topological polar surface area (TPSA) is 105 Å². The Morgan fingerprint density at radius 2 is 1.59 bits per heavy atom. The van der Waals surface area contributed by atoms with E-state index in [-0.39, 0.29) is 10.8 Å². The van der Waals surface area contributed by atoms with E-state index in [1.807, 2.05) is 13.8 Å². The fourth-order valence-corrected chi connectivity index (χ4v) is 3.17. The van der Waals surface area contributed by atoms with Crippen LogP contribution in [0.3, 0.4) is 0 Å². The van der Waals surface area contributed by atoms with Gasteiger partial charge in [0.05, 0.1) is 11.5 Å². The Balaban J connectivity index is 2.05. The third kappa shape index (κ3) is 6.30. The molecule has 2 aromatic rings. The molecule has 0 spiro atoms. The number of hydrogen-bond acceptors (Lipinski definition) is 5. The molecular formula is C20H25N3O5S. The van der Waals surface area contributed by atoms with Crippen molar-refractivity contribution >= 4 is 33.4 Å². The minimum atomic E-state index is -3.56. The number of sulfonamides is 1. The number of anilines is 2. The summed E-state index contributed by atoms with van der Waals surface area (Å²) < 4.78 is 30.4. The molecule has 0 fully saturated rings. The van der Waals surface area contributed by atoms with Crippen molar-refractivity contribution in [3.63, 3.8) is 0 Å². The van der Waals surface area contributed by atoms with Gasteiger partial charge in [-0.15, -0.1) is 0 Å². The number of nitrogens with zero attached hydrogens (tertiary/aromatic N) is 1. The Kier molecular flexibility index (Phi) is 7.35. The van der Waals surface area contributed by atoms with Crippen LogP contribution in [0.25, 0.3) is 0 Å². The number of amides is 2. The molecule has 0 aliphatic rings. The summed E-state index contributed by atoms with van der Waals surface area (Å²) in [5.74, 6) is -0.177. The number of hydrogen-bond donors (Lipinski definition) is 2. The first-order valence-corrected chi connectivity index (χ1v) is 10.4. The molecule has 2 N–H and O–H groups in total. The van der Waals surface area contributed by atoms with Gasteiger partial charge in [-0.2, -0.15) is 0 Å². The summed E-state index contributed by atoms with van der Waals surface area (Å²) in [6, 6.07) is 12.3. The zero-order valence-corrected chi connectivity index (χ0v) is 17.6. The molecule has 156 valence electrons. The largest absolute Gasteiger partial charge is 0.449 e. The quantitative estimate of drug-likeness (QED) is 0.716. The van der Waals surface area contributed by atoms with E-state index in [0.29, 0.717) is 23.5 Å². The molecule has 0 saturated heterocycles. The molecule has 29 heavy (non-hydrogen) atoms. The van der Waals surface area contributed by atoms with E-state index in [9.17, 15) is 18.0 Å². The monoisotopic (exact) mass is 419 g/mol. The molecule has 0 aromatic heterocycles. The van der Waals surface area contributed by atoms with Crippen molar-refractivity contribution in [2.75, 3.05) is 31.3 Å². The second-order valence-electron chi connectivity index (χ2n) is 6.96. The van der Waals surface area contributed by atoms with E-state index in [1.54, 1.807) is 24.3 Å². The van der Waals surface area contributed by atoms with Gasteiger partial charge >= 0.3 is 6.09 Å². The van der Waals surface area contributed by atoms with Gasteiger partial charge in [-0.3, -0.25) is 10.1 Å². The second-order valence-corrected chi connectivity index (χ2v) is 9.12. The molecule has 2 amide bonds. The van der Waals surface area contributed by atoms with Gasteiger partial charge in [-0.1, -0.05) is 19.9 Å². The van der Waals surface area contributed by atoms with Gasteiger partial charge in [0, 0.05) is 31.0 Å². The molecule has 0 unspecified atom stereocenters. The summed E-state index contributed by atoms with van der Waals surface area (Å²) in [4.78, 5) is 24.3. The van der Waals surface area contributed by atoms with Gasteiger partial charge in [0.25, 0.3) is 5.91 Å². The molecule has 2 rings (SSSR count). The Hall–Kier alpha value is -2.91. The minimum Gasteiger partial charge on any atom is -0.449 e. The van der Waals surface area contributed by atoms with Gasteiger partial charge in [0.1, 0.15) is 0 Å². The van der Waals surface area contributed by atoms with Crippen molar-refractivity contribution < 1.29 is 22.7 Å². The van der Waals surface area contributed by atoms with E-state index >= 15 is 0 Å². The molecule has 0 atom stereocenters. The van der Waals surface area contributed by atoms with Crippen LogP contribution >= 0.6 is 0 Å². The predicted octanol–water partition coefficient (Wildman–Crippen LogP) is 3.39. The lowest BCUT2D eigenvalue weighted by Gasteiger charge is -2.12. The lowest BCUT2D eigenvalue weighted by atomic mass is 10.2. The molecule has 0 aliphatic heterocycles. The standard InChI is InChI=1S/C20H25N3O5S/c1-14(2)13-28-20(25)22-17-7-5-6-16(12-17)21-19(24)15-8-10-18(11-9-15)29(26,27)23(3)4/h5-12,14H,13H2,1-4H3,(H,21,24)(H,22,25). The third-order valence-electron chi connectivity index (χ3n) is 3.81. The summed E-state index contributed by atoms with van der Waals surface area (Å²) in [5.41, 5.74) is 1.25. The lowest BCUT2D eigenvalue weighted by Crippen LogP contribution is -2.22. The first-order chi connectivity index (χ1) is 13.6. The minimum absolute atomic E-state index is 0.102. The van der Waals surface area contributed by atoms with Crippen LogP contribution in [0.5, 0.6) is 0 Å². The Morgan fingerprint density at radius 3 is 2.14 bits per heavy atom. The van der Waals surface area contributed by atoms with Crippen molar-refractivity contribution in [3.8, 4) is 0 Å². The average Bonchev–Trinajstić information content (AvgIpc) is 2.66. The zero-order valence-electron chi connectivity index (χ0n) is 16.8. The van der Waals surface area contributed by atoms with Crippen molar-refractivity contribution in [1.82, 2.24) is 4.31 Å². The van der Waals surface area contributed by atoms with Crippen LogP contribution < -0.4 is 10.6 Å². The summed E-state index contributed by atoms with van der Waals surface area (Å²) in [5, 5.41) is 5.31. The highest BCUT2D eigenvalue weighted by Gasteiger charge is 2.17. The molecule has 0 saturated carbocycles. The summed E-state index contributed by atoms with van der Waals surface area (Å²) in [7, 11) is -0.676. The first kappa shape index (κ1) is 22.4. The van der Waals surface area contributed by atoms with Crippen LogP contribution in [0.2, 0.25) is 0 Å². The van der Waals surface area contributed by atoms with Crippen LogP contribution in [-0.4, -0.2) is 45.4 Å². The first-order valence-electron chi connectivity index (χ1n) is 8.97. The molecule has 0 radical (unpaired) electrons. The van der Waals surface area contributed by atoms with Crippen LogP contribution in [0.1, 0.15) is 24.2 Å². The Morgan fingerprint density at radius 1 is 1.00 bits per heavy atom. The van der Waals surface area contributed by atoms with Gasteiger partial charge in [-0.25, -0.2) is 17.5 Å². The van der Waals surface area contributed by atoms with Gasteiger partial charge in [0.15, 0.2) is 0 Å². The molecule has 2 aromatic carbocycles. The van der Waals surface area contributed by atoms with Crippen LogP contribution in [-0.2, 0) is 14.8 Å². The molecule has 0 aliphatic carbocycles. The predicted molar refractivity (Wildman–Crippen MR) is 112 cm³/mol. The summed E-state index contributed by atoms with van der Waals surface area (Å²) in [6.07, 6.45) is -0.570. The van der Waals surface area contributed by atoms with Crippen LogP contribution in [0.15, 0.2) is 53.4 Å². The highest BCUT2D eigenvalue weighted by atomic mass is 32.2. The number of ether oxygens (including phenoxy) is 1. The number of nitrogens with one attached hydrogen (secondary N) is 2. The smallest absolute Gasteiger partial charge is 0.411 e.